The zero-order chi connectivity index (χ0) is 16.8. The number of carbonyl (C=O) groups is 1. The highest BCUT2D eigenvalue weighted by Crippen LogP contribution is 2.21. The summed E-state index contributed by atoms with van der Waals surface area (Å²) in [5.41, 5.74) is 2.09. The Hall–Kier alpha value is -1.73. The molecule has 0 aliphatic rings. The van der Waals surface area contributed by atoms with Crippen molar-refractivity contribution in [2.45, 2.75) is 38.5 Å². The lowest BCUT2D eigenvalue weighted by Gasteiger charge is -2.12. The number of imidazole rings is 1. The largest absolute Gasteiger partial charge is 0.467 e. The molecule has 0 bridgehead atoms. The van der Waals surface area contributed by atoms with Gasteiger partial charge in [0.2, 0.25) is 5.91 Å². The van der Waals surface area contributed by atoms with E-state index < -0.39 is 0 Å². The number of ether oxygens (including phenoxy) is 1. The van der Waals surface area contributed by atoms with Gasteiger partial charge in [-0.1, -0.05) is 11.8 Å². The Kier molecular flexibility index (Phi) is 6.29. The van der Waals surface area contributed by atoms with Crippen molar-refractivity contribution in [2.24, 2.45) is 0 Å². The van der Waals surface area contributed by atoms with Gasteiger partial charge in [-0.2, -0.15) is 0 Å². The molecule has 0 unspecified atom stereocenters. The molecule has 0 radical (unpaired) electrons. The fraction of sp³-hybridized carbons (Fsp3) is 0.500. The molecule has 2 rings (SSSR count). The van der Waals surface area contributed by atoms with Crippen molar-refractivity contribution in [3.8, 4) is 0 Å². The Labute approximate surface area is 140 Å². The summed E-state index contributed by atoms with van der Waals surface area (Å²) in [6.45, 7) is 7.25. The summed E-state index contributed by atoms with van der Waals surface area (Å²) in [5, 5.41) is 3.77. The molecule has 0 aliphatic heterocycles. The maximum absolute atomic E-state index is 12.1. The minimum Gasteiger partial charge on any atom is -0.467 e. The topological polar surface area (TPSA) is 69.3 Å². The van der Waals surface area contributed by atoms with Crippen molar-refractivity contribution < 1.29 is 13.9 Å². The first-order valence-corrected chi connectivity index (χ1v) is 8.49. The van der Waals surface area contributed by atoms with E-state index in [0.29, 0.717) is 12.4 Å². The van der Waals surface area contributed by atoms with E-state index in [2.05, 4.69) is 14.9 Å². The number of aromatic nitrogens is 2. The summed E-state index contributed by atoms with van der Waals surface area (Å²) in [4.78, 5) is 16.6. The van der Waals surface area contributed by atoms with Crippen LogP contribution in [0.3, 0.4) is 0 Å². The van der Waals surface area contributed by atoms with Gasteiger partial charge in [0, 0.05) is 19.3 Å². The first kappa shape index (κ1) is 17.6. The summed E-state index contributed by atoms with van der Waals surface area (Å²) in [6, 6.07) is 3.52. The number of amides is 1. The van der Waals surface area contributed by atoms with Gasteiger partial charge < -0.3 is 19.0 Å². The highest BCUT2D eigenvalue weighted by molar-refractivity contribution is 7.99. The van der Waals surface area contributed by atoms with Gasteiger partial charge in [-0.15, -0.1) is 0 Å². The minimum atomic E-state index is -0.144. The molecular weight excluding hydrogens is 314 g/mol. The predicted molar refractivity (Wildman–Crippen MR) is 89.6 cm³/mol. The Morgan fingerprint density at radius 1 is 1.52 bits per heavy atom. The van der Waals surface area contributed by atoms with Gasteiger partial charge in [0.05, 0.1) is 30.4 Å². The first-order chi connectivity index (χ1) is 11.0. The lowest BCUT2D eigenvalue weighted by Crippen LogP contribution is -2.28. The maximum Gasteiger partial charge on any atom is 0.231 e. The molecule has 0 saturated carbocycles. The third-order valence-electron chi connectivity index (χ3n) is 3.62. The number of rotatable bonds is 8. The molecule has 23 heavy (non-hydrogen) atoms. The highest BCUT2D eigenvalue weighted by Gasteiger charge is 2.15. The molecule has 2 heterocycles. The molecular formula is C16H23N3O3S. The molecule has 1 N–H and O–H groups in total. The second-order valence-electron chi connectivity index (χ2n) is 5.30. The number of carbonyl (C=O) groups excluding carboxylic acids is 1. The monoisotopic (exact) mass is 337 g/mol. The van der Waals surface area contributed by atoms with Crippen LogP contribution in [0.15, 0.2) is 28.0 Å². The number of thioether (sulfide) groups is 1. The van der Waals surface area contributed by atoms with Gasteiger partial charge in [-0.05, 0) is 32.9 Å². The number of furan rings is 1. The lowest BCUT2D eigenvalue weighted by molar-refractivity contribution is -0.119. The third-order valence-corrected chi connectivity index (χ3v) is 4.60. The van der Waals surface area contributed by atoms with Crippen molar-refractivity contribution in [2.75, 3.05) is 19.5 Å². The average molecular weight is 337 g/mol. The molecule has 1 atom stereocenters. The van der Waals surface area contributed by atoms with Gasteiger partial charge in [0.1, 0.15) is 5.76 Å². The van der Waals surface area contributed by atoms with Crippen LogP contribution in [0.25, 0.3) is 0 Å². The predicted octanol–water partition coefficient (Wildman–Crippen LogP) is 2.71. The van der Waals surface area contributed by atoms with E-state index in [9.17, 15) is 4.79 Å². The Bertz CT molecular complexity index is 637. The van der Waals surface area contributed by atoms with E-state index in [1.807, 2.05) is 32.9 Å². The molecule has 0 fully saturated rings. The smallest absolute Gasteiger partial charge is 0.231 e. The fourth-order valence-corrected chi connectivity index (χ4v) is 3.13. The molecule has 0 aliphatic carbocycles. The number of aryl methyl sites for hydroxylation is 1. The fourth-order valence-electron chi connectivity index (χ4n) is 2.20. The van der Waals surface area contributed by atoms with E-state index in [0.717, 1.165) is 28.8 Å². The molecule has 0 spiro atoms. The molecule has 0 aromatic carbocycles. The summed E-state index contributed by atoms with van der Waals surface area (Å²) in [5.74, 6) is 1.01. The second-order valence-corrected chi connectivity index (χ2v) is 6.25. The van der Waals surface area contributed by atoms with Crippen LogP contribution in [0.1, 0.15) is 30.1 Å². The summed E-state index contributed by atoms with van der Waals surface area (Å²) >= 11 is 1.43. The number of nitrogens with one attached hydrogen (secondary N) is 1. The summed E-state index contributed by atoms with van der Waals surface area (Å²) in [6.07, 6.45) is 1.60. The van der Waals surface area contributed by atoms with Gasteiger partial charge in [-0.3, -0.25) is 4.79 Å². The molecule has 2 aromatic heterocycles. The van der Waals surface area contributed by atoms with Gasteiger partial charge in [-0.25, -0.2) is 4.98 Å². The minimum absolute atomic E-state index is 0.0458. The zero-order valence-electron chi connectivity index (χ0n) is 14.0. The van der Waals surface area contributed by atoms with E-state index >= 15 is 0 Å². The first-order valence-electron chi connectivity index (χ1n) is 7.51. The van der Waals surface area contributed by atoms with Crippen LogP contribution in [0, 0.1) is 13.8 Å². The van der Waals surface area contributed by atoms with E-state index in [1.54, 1.807) is 13.4 Å². The molecule has 126 valence electrons. The normalized spacial score (nSPS) is 12.3. The number of hydrogen-bond donors (Lipinski definition) is 1. The molecule has 0 saturated heterocycles. The van der Waals surface area contributed by atoms with Crippen LogP contribution in [0.2, 0.25) is 0 Å². The van der Waals surface area contributed by atoms with Gasteiger partial charge in [0.15, 0.2) is 5.16 Å². The van der Waals surface area contributed by atoms with Crippen LogP contribution < -0.4 is 5.32 Å². The van der Waals surface area contributed by atoms with Crippen molar-refractivity contribution in [1.29, 1.82) is 0 Å². The van der Waals surface area contributed by atoms with Crippen molar-refractivity contribution in [3.63, 3.8) is 0 Å². The maximum atomic E-state index is 12.1. The van der Waals surface area contributed by atoms with Crippen molar-refractivity contribution in [3.05, 3.63) is 35.5 Å². The highest BCUT2D eigenvalue weighted by atomic mass is 32.2. The van der Waals surface area contributed by atoms with Gasteiger partial charge in [0.25, 0.3) is 0 Å². The number of methoxy groups -OCH3 is 1. The standard InChI is InChI=1S/C16H23N3O3S/c1-11-13(3)19(7-9-21-4)16(18-11)23-10-15(20)17-12(2)14-6-5-8-22-14/h5-6,8,12H,7,9-10H2,1-4H3,(H,17,20)/t12-/m1/s1. The Morgan fingerprint density at radius 2 is 2.30 bits per heavy atom. The van der Waals surface area contributed by atoms with E-state index in [1.165, 1.54) is 11.8 Å². The molecule has 7 heteroatoms. The number of nitrogens with zero attached hydrogens (tertiary/aromatic N) is 2. The van der Waals surface area contributed by atoms with Crippen molar-refractivity contribution in [1.82, 2.24) is 14.9 Å². The van der Waals surface area contributed by atoms with Crippen LogP contribution >= 0.6 is 11.8 Å². The quantitative estimate of drug-likeness (QED) is 0.750. The zero-order valence-corrected chi connectivity index (χ0v) is 14.8. The van der Waals surface area contributed by atoms with E-state index in [-0.39, 0.29) is 11.9 Å². The molecule has 6 nitrogen and oxygen atoms in total. The number of hydrogen-bond acceptors (Lipinski definition) is 5. The van der Waals surface area contributed by atoms with Crippen LogP contribution in [-0.2, 0) is 16.1 Å². The van der Waals surface area contributed by atoms with Gasteiger partial charge >= 0.3 is 0 Å². The van der Waals surface area contributed by atoms with Crippen molar-refractivity contribution >= 4 is 17.7 Å². The Balaban J connectivity index is 1.92. The van der Waals surface area contributed by atoms with Crippen LogP contribution in [-0.4, -0.2) is 34.9 Å². The third kappa shape index (κ3) is 4.62. The molecule has 2 aromatic rings. The summed E-state index contributed by atoms with van der Waals surface area (Å²) < 4.78 is 12.5. The lowest BCUT2D eigenvalue weighted by atomic mass is 10.2. The summed E-state index contributed by atoms with van der Waals surface area (Å²) in [7, 11) is 1.68. The van der Waals surface area contributed by atoms with E-state index in [4.69, 9.17) is 9.15 Å². The Morgan fingerprint density at radius 3 is 2.96 bits per heavy atom. The van der Waals surface area contributed by atoms with Crippen LogP contribution in [0.4, 0.5) is 0 Å². The second kappa shape index (κ2) is 8.21. The molecule has 1 amide bonds. The average Bonchev–Trinajstić information content (AvgIpc) is 3.14. The SMILES string of the molecule is COCCn1c(SCC(=O)N[C@H](C)c2ccco2)nc(C)c1C. The van der Waals surface area contributed by atoms with Crippen LogP contribution in [0.5, 0.6) is 0 Å².